The number of oxime groups is 1. The molecule has 0 heterocycles. The highest BCUT2D eigenvalue weighted by Crippen LogP contribution is 2.39. The molecule has 0 spiro atoms. The minimum Gasteiger partial charge on any atom is -0.392 e. The van der Waals surface area contributed by atoms with E-state index in [0.29, 0.717) is 6.54 Å². The van der Waals surface area contributed by atoms with Crippen LogP contribution in [0.25, 0.3) is 11.1 Å². The Hall–Kier alpha value is -1.21. The van der Waals surface area contributed by atoms with Crippen molar-refractivity contribution in [3.63, 3.8) is 0 Å². The summed E-state index contributed by atoms with van der Waals surface area (Å²) in [6.07, 6.45) is -0.621. The van der Waals surface area contributed by atoms with E-state index in [1.165, 1.54) is 0 Å². The van der Waals surface area contributed by atoms with Crippen molar-refractivity contribution in [1.82, 2.24) is 5.32 Å². The number of β-amino-alcohol motifs (C(OH)–C–C–N with tert-alkyl or cyclic N) is 1. The second-order valence-electron chi connectivity index (χ2n) is 7.40. The quantitative estimate of drug-likeness (QED) is 0.519. The van der Waals surface area contributed by atoms with Gasteiger partial charge in [0.25, 0.3) is 0 Å². The Balaban J connectivity index is 1.80. The first-order valence-electron chi connectivity index (χ1n) is 8.48. The number of rotatable bonds is 5. The lowest BCUT2D eigenvalue weighted by Crippen LogP contribution is -2.42. The molecule has 1 atom stereocenters. The molecule has 2 aromatic carbocycles. The highest BCUT2D eigenvalue weighted by atomic mass is 79.9. The van der Waals surface area contributed by atoms with Gasteiger partial charge in [-0.2, -0.15) is 0 Å². The van der Waals surface area contributed by atoms with Gasteiger partial charge < -0.3 is 15.3 Å². The predicted molar refractivity (Wildman–Crippen MR) is 113 cm³/mol. The number of halogens is 2. The van der Waals surface area contributed by atoms with E-state index in [4.69, 9.17) is 4.84 Å². The molecule has 6 heteroatoms. The third kappa shape index (κ3) is 4.55. The Morgan fingerprint density at radius 2 is 1.54 bits per heavy atom. The van der Waals surface area contributed by atoms with Gasteiger partial charge >= 0.3 is 0 Å². The number of aliphatic hydroxyl groups is 1. The summed E-state index contributed by atoms with van der Waals surface area (Å²) in [5.41, 5.74) is 5.05. The maximum atomic E-state index is 10.1. The van der Waals surface area contributed by atoms with Crippen LogP contribution in [0.2, 0.25) is 0 Å². The molecule has 0 bridgehead atoms. The highest BCUT2D eigenvalue weighted by molar-refractivity contribution is 9.10. The third-order valence-corrected chi connectivity index (χ3v) is 5.04. The van der Waals surface area contributed by atoms with Gasteiger partial charge in [-0.25, -0.2) is 0 Å². The van der Waals surface area contributed by atoms with Crippen molar-refractivity contribution in [2.24, 2.45) is 5.16 Å². The predicted octanol–water partition coefficient (Wildman–Crippen LogP) is 4.71. The SMILES string of the molecule is CC(C)(C)NCC(O)CON=C1c2cc(Br)ccc2-c2ccc(Br)cc21. The molecule has 0 saturated carbocycles. The maximum Gasteiger partial charge on any atom is 0.144 e. The summed E-state index contributed by atoms with van der Waals surface area (Å²) in [6.45, 7) is 6.77. The zero-order chi connectivity index (χ0) is 18.9. The molecule has 0 aliphatic heterocycles. The number of nitrogens with one attached hydrogen (secondary N) is 1. The summed E-state index contributed by atoms with van der Waals surface area (Å²) in [5, 5.41) is 17.7. The number of hydrogen-bond donors (Lipinski definition) is 2. The number of fused-ring (bicyclic) bond motifs is 3. The van der Waals surface area contributed by atoms with Gasteiger partial charge in [0, 0.05) is 32.2 Å². The summed E-state index contributed by atoms with van der Waals surface area (Å²) in [7, 11) is 0. The van der Waals surface area contributed by atoms with Crippen molar-refractivity contribution in [3.05, 3.63) is 56.5 Å². The molecule has 1 unspecified atom stereocenters. The fourth-order valence-electron chi connectivity index (χ4n) is 2.81. The first kappa shape index (κ1) is 19.5. The summed E-state index contributed by atoms with van der Waals surface area (Å²) in [4.78, 5) is 5.51. The first-order valence-corrected chi connectivity index (χ1v) is 10.1. The zero-order valence-corrected chi connectivity index (χ0v) is 18.2. The van der Waals surface area contributed by atoms with Crippen LogP contribution < -0.4 is 5.32 Å². The van der Waals surface area contributed by atoms with Crippen molar-refractivity contribution < 1.29 is 9.94 Å². The van der Waals surface area contributed by atoms with Crippen LogP contribution in [0.1, 0.15) is 31.9 Å². The largest absolute Gasteiger partial charge is 0.392 e. The molecular weight excluding hydrogens is 460 g/mol. The lowest BCUT2D eigenvalue weighted by molar-refractivity contribution is 0.0374. The van der Waals surface area contributed by atoms with Crippen LogP contribution >= 0.6 is 31.9 Å². The molecule has 3 rings (SSSR count). The van der Waals surface area contributed by atoms with Crippen molar-refractivity contribution in [3.8, 4) is 11.1 Å². The van der Waals surface area contributed by atoms with Crippen LogP contribution in [0.4, 0.5) is 0 Å². The molecular formula is C20H22Br2N2O2. The summed E-state index contributed by atoms with van der Waals surface area (Å²) >= 11 is 7.06. The molecule has 1 aliphatic rings. The number of nitrogens with zero attached hydrogens (tertiary/aromatic N) is 1. The molecule has 0 fully saturated rings. The van der Waals surface area contributed by atoms with Gasteiger partial charge in [0.15, 0.2) is 0 Å². The standard InChI is InChI=1S/C20H22Br2N2O2/c1-20(2,3)23-10-14(25)11-26-24-19-17-8-12(21)4-6-15(17)16-7-5-13(22)9-18(16)19/h4-9,14,23,25H,10-11H2,1-3H3. The minimum absolute atomic E-state index is 0.0469. The minimum atomic E-state index is -0.621. The molecule has 1 aliphatic carbocycles. The van der Waals surface area contributed by atoms with E-state index < -0.39 is 6.10 Å². The molecule has 0 radical (unpaired) electrons. The average molecular weight is 482 g/mol. The van der Waals surface area contributed by atoms with Crippen LogP contribution in [0.3, 0.4) is 0 Å². The van der Waals surface area contributed by atoms with Gasteiger partial charge in [0.1, 0.15) is 18.4 Å². The number of hydrogen-bond acceptors (Lipinski definition) is 4. The van der Waals surface area contributed by atoms with Crippen molar-refractivity contribution in [2.45, 2.75) is 32.4 Å². The molecule has 26 heavy (non-hydrogen) atoms. The van der Waals surface area contributed by atoms with E-state index >= 15 is 0 Å². The van der Waals surface area contributed by atoms with Gasteiger partial charge in [-0.3, -0.25) is 0 Å². The van der Waals surface area contributed by atoms with E-state index in [0.717, 1.165) is 36.9 Å². The third-order valence-electron chi connectivity index (χ3n) is 4.05. The number of benzene rings is 2. The molecule has 2 N–H and O–H groups in total. The van der Waals surface area contributed by atoms with E-state index in [1.807, 2.05) is 24.3 Å². The van der Waals surface area contributed by atoms with Gasteiger partial charge in [0.05, 0.1) is 0 Å². The van der Waals surface area contributed by atoms with Gasteiger partial charge in [-0.1, -0.05) is 49.1 Å². The van der Waals surface area contributed by atoms with Gasteiger partial charge in [0.2, 0.25) is 0 Å². The van der Waals surface area contributed by atoms with Crippen LogP contribution in [0.15, 0.2) is 50.5 Å². The van der Waals surface area contributed by atoms with Crippen LogP contribution in [-0.4, -0.2) is 35.6 Å². The molecule has 0 amide bonds. The Morgan fingerprint density at radius 1 is 1.00 bits per heavy atom. The Bertz CT molecular complexity index is 791. The molecule has 0 saturated heterocycles. The molecule has 0 aromatic heterocycles. The first-order chi connectivity index (χ1) is 12.2. The van der Waals surface area contributed by atoms with E-state index in [-0.39, 0.29) is 12.1 Å². The van der Waals surface area contributed by atoms with Crippen molar-refractivity contribution in [1.29, 1.82) is 0 Å². The van der Waals surface area contributed by atoms with E-state index in [1.54, 1.807) is 0 Å². The Morgan fingerprint density at radius 3 is 2.04 bits per heavy atom. The fraction of sp³-hybridized carbons (Fsp3) is 0.350. The zero-order valence-electron chi connectivity index (χ0n) is 15.0. The monoisotopic (exact) mass is 480 g/mol. The van der Waals surface area contributed by atoms with Gasteiger partial charge in [-0.15, -0.1) is 0 Å². The Labute approximate surface area is 170 Å². The summed E-state index contributed by atoms with van der Waals surface area (Å²) < 4.78 is 1.98. The summed E-state index contributed by atoms with van der Waals surface area (Å²) in [5.74, 6) is 0. The highest BCUT2D eigenvalue weighted by Gasteiger charge is 2.26. The number of aliphatic hydroxyl groups excluding tert-OH is 1. The topological polar surface area (TPSA) is 53.8 Å². The van der Waals surface area contributed by atoms with Crippen LogP contribution in [0.5, 0.6) is 0 Å². The Kier molecular flexibility index (Phi) is 5.87. The second-order valence-corrected chi connectivity index (χ2v) is 9.23. The second kappa shape index (κ2) is 7.80. The average Bonchev–Trinajstić information content (AvgIpc) is 2.85. The maximum absolute atomic E-state index is 10.1. The normalized spacial score (nSPS) is 14.0. The lowest BCUT2D eigenvalue weighted by atomic mass is 10.1. The van der Waals surface area contributed by atoms with Gasteiger partial charge in [-0.05, 0) is 56.2 Å². The van der Waals surface area contributed by atoms with E-state index in [2.05, 4.69) is 75.2 Å². The smallest absolute Gasteiger partial charge is 0.144 e. The van der Waals surface area contributed by atoms with Crippen molar-refractivity contribution in [2.75, 3.05) is 13.2 Å². The molecule has 2 aromatic rings. The molecule has 138 valence electrons. The fourth-order valence-corrected chi connectivity index (χ4v) is 3.53. The summed E-state index contributed by atoms with van der Waals surface area (Å²) in [6, 6.07) is 12.3. The van der Waals surface area contributed by atoms with Crippen molar-refractivity contribution >= 4 is 37.6 Å². The molecule has 4 nitrogen and oxygen atoms in total. The van der Waals surface area contributed by atoms with E-state index in [9.17, 15) is 5.11 Å². The lowest BCUT2D eigenvalue weighted by Gasteiger charge is -2.22. The van der Waals surface area contributed by atoms with Crippen LogP contribution in [0, 0.1) is 0 Å². The van der Waals surface area contributed by atoms with Crippen LogP contribution in [-0.2, 0) is 4.84 Å².